The minimum atomic E-state index is -0.415. The number of hydrogen-bond acceptors (Lipinski definition) is 6. The van der Waals surface area contributed by atoms with Crippen LogP contribution in [-0.2, 0) is 16.0 Å². The van der Waals surface area contributed by atoms with E-state index in [1.165, 1.54) is 11.9 Å². The number of aromatic nitrogens is 2. The average molecular weight is 291 g/mol. The van der Waals surface area contributed by atoms with Gasteiger partial charge in [0, 0.05) is 33.0 Å². The Balaban J connectivity index is 2.16. The van der Waals surface area contributed by atoms with Crippen LogP contribution in [0.3, 0.4) is 0 Å². The Morgan fingerprint density at radius 1 is 1.33 bits per heavy atom. The van der Waals surface area contributed by atoms with Gasteiger partial charge in [-0.05, 0) is 12.8 Å². The maximum atomic E-state index is 12.1. The van der Waals surface area contributed by atoms with E-state index in [9.17, 15) is 9.59 Å². The minimum absolute atomic E-state index is 0.136. The molecule has 1 aromatic heterocycles. The summed E-state index contributed by atoms with van der Waals surface area (Å²) in [5.74, 6) is 1.71. The number of aryl methyl sites for hydroxylation is 1. The van der Waals surface area contributed by atoms with Crippen molar-refractivity contribution in [2.24, 2.45) is 0 Å². The van der Waals surface area contributed by atoms with E-state index in [-0.39, 0.29) is 11.8 Å². The van der Waals surface area contributed by atoms with Crippen molar-refractivity contribution >= 4 is 23.5 Å². The Labute approximate surface area is 124 Å². The molecule has 1 aliphatic rings. The summed E-state index contributed by atoms with van der Waals surface area (Å²) in [7, 11) is 3.31. The molecule has 1 aliphatic heterocycles. The first-order valence-electron chi connectivity index (χ1n) is 7.17. The lowest BCUT2D eigenvalue weighted by molar-refractivity contribution is -0.146. The van der Waals surface area contributed by atoms with Crippen LogP contribution in [0.5, 0.6) is 0 Å². The number of likely N-dealkylation sites (tertiary alicyclic amines) is 1. The lowest BCUT2D eigenvalue weighted by atomic mass is 10.0. The zero-order valence-corrected chi connectivity index (χ0v) is 12.6. The van der Waals surface area contributed by atoms with Crippen LogP contribution in [0.15, 0.2) is 6.07 Å². The number of imide groups is 1. The molecule has 0 aromatic carbocycles. The van der Waals surface area contributed by atoms with Gasteiger partial charge in [-0.3, -0.25) is 14.5 Å². The van der Waals surface area contributed by atoms with Gasteiger partial charge in [0.15, 0.2) is 0 Å². The van der Waals surface area contributed by atoms with Crippen LogP contribution in [0, 0.1) is 0 Å². The number of piperidine rings is 1. The van der Waals surface area contributed by atoms with Crippen molar-refractivity contribution in [2.45, 2.75) is 38.6 Å². The zero-order chi connectivity index (χ0) is 15.4. The second-order valence-corrected chi connectivity index (χ2v) is 5.08. The van der Waals surface area contributed by atoms with Gasteiger partial charge < -0.3 is 10.6 Å². The van der Waals surface area contributed by atoms with Gasteiger partial charge in [0.25, 0.3) is 5.91 Å². The van der Waals surface area contributed by atoms with Gasteiger partial charge >= 0.3 is 0 Å². The van der Waals surface area contributed by atoms with Gasteiger partial charge in [-0.15, -0.1) is 0 Å². The summed E-state index contributed by atoms with van der Waals surface area (Å²) in [6, 6.07) is 1.35. The topological polar surface area (TPSA) is 87.2 Å². The summed E-state index contributed by atoms with van der Waals surface area (Å²) in [4.78, 5) is 33.5. The molecule has 0 saturated carbocycles. The van der Waals surface area contributed by atoms with Crippen molar-refractivity contribution in [3.8, 4) is 0 Å². The van der Waals surface area contributed by atoms with E-state index in [1.807, 2.05) is 0 Å². The lowest BCUT2D eigenvalue weighted by Gasteiger charge is -2.28. The van der Waals surface area contributed by atoms with E-state index in [0.29, 0.717) is 24.5 Å². The molecule has 114 valence electrons. The van der Waals surface area contributed by atoms with E-state index in [0.717, 1.165) is 18.7 Å². The number of carbonyl (C=O) groups is 2. The van der Waals surface area contributed by atoms with E-state index < -0.39 is 6.04 Å². The first-order chi connectivity index (χ1) is 10.0. The number of nitrogens with one attached hydrogen (secondary N) is 2. The van der Waals surface area contributed by atoms with Crippen LogP contribution in [0.2, 0.25) is 0 Å². The van der Waals surface area contributed by atoms with Gasteiger partial charge in [0.1, 0.15) is 23.5 Å². The molecule has 0 bridgehead atoms. The second-order valence-electron chi connectivity index (χ2n) is 5.08. The predicted octanol–water partition coefficient (Wildman–Crippen LogP) is 1.03. The first kappa shape index (κ1) is 15.2. The molecule has 1 aromatic rings. The predicted molar refractivity (Wildman–Crippen MR) is 80.0 cm³/mol. The van der Waals surface area contributed by atoms with E-state index in [2.05, 4.69) is 27.5 Å². The van der Waals surface area contributed by atoms with Crippen molar-refractivity contribution in [1.82, 2.24) is 14.9 Å². The number of anilines is 2. The highest BCUT2D eigenvalue weighted by molar-refractivity contribution is 6.01. The molecule has 2 heterocycles. The molecule has 7 nitrogen and oxygen atoms in total. The fourth-order valence-electron chi connectivity index (χ4n) is 2.26. The van der Waals surface area contributed by atoms with Gasteiger partial charge in [-0.1, -0.05) is 6.92 Å². The van der Waals surface area contributed by atoms with Crippen molar-refractivity contribution in [3.63, 3.8) is 0 Å². The molecule has 1 saturated heterocycles. The summed E-state index contributed by atoms with van der Waals surface area (Å²) >= 11 is 0. The maximum Gasteiger partial charge on any atom is 0.251 e. The number of rotatable bonds is 5. The highest BCUT2D eigenvalue weighted by Crippen LogP contribution is 2.18. The molecule has 1 unspecified atom stereocenters. The molecule has 0 spiro atoms. The fraction of sp³-hybridized carbons (Fsp3) is 0.571. The molecule has 1 atom stereocenters. The molecule has 21 heavy (non-hydrogen) atoms. The van der Waals surface area contributed by atoms with Crippen LogP contribution in [-0.4, -0.2) is 46.8 Å². The summed E-state index contributed by atoms with van der Waals surface area (Å²) in [6.45, 7) is 2.06. The maximum absolute atomic E-state index is 12.1. The van der Waals surface area contributed by atoms with Gasteiger partial charge in [0.2, 0.25) is 5.91 Å². The Hall–Kier alpha value is -2.18. The van der Waals surface area contributed by atoms with Crippen molar-refractivity contribution in [3.05, 3.63) is 11.9 Å². The van der Waals surface area contributed by atoms with E-state index in [4.69, 9.17) is 0 Å². The number of nitrogens with zero attached hydrogens (tertiary/aromatic N) is 3. The molecule has 7 heteroatoms. The molecule has 1 fully saturated rings. The van der Waals surface area contributed by atoms with Crippen molar-refractivity contribution in [1.29, 1.82) is 0 Å². The van der Waals surface area contributed by atoms with Crippen LogP contribution >= 0.6 is 0 Å². The van der Waals surface area contributed by atoms with Crippen molar-refractivity contribution in [2.75, 3.05) is 24.7 Å². The third-order valence-corrected chi connectivity index (χ3v) is 3.47. The second kappa shape index (κ2) is 6.51. The highest BCUT2D eigenvalue weighted by atomic mass is 16.2. The summed E-state index contributed by atoms with van der Waals surface area (Å²) in [5, 5.41) is 6.11. The Morgan fingerprint density at radius 2 is 2.05 bits per heavy atom. The molecule has 2 amide bonds. The zero-order valence-electron chi connectivity index (χ0n) is 12.6. The van der Waals surface area contributed by atoms with Crippen molar-refractivity contribution < 1.29 is 9.59 Å². The Bertz CT molecular complexity index is 546. The standard InChI is InChI=1S/C14H21N5O2/c1-4-5-10-17-11(15-2)8-12(18-10)16-9-6-7-13(20)19(3)14(9)21/h8-9H,4-7H2,1-3H3,(H2,15,16,17,18). The monoisotopic (exact) mass is 291 g/mol. The van der Waals surface area contributed by atoms with E-state index in [1.54, 1.807) is 13.1 Å². The quantitative estimate of drug-likeness (QED) is 0.788. The molecule has 0 radical (unpaired) electrons. The summed E-state index contributed by atoms with van der Waals surface area (Å²) in [6.07, 6.45) is 2.59. The SMILES string of the molecule is CCCc1nc(NC)cc(NC2CCC(=O)N(C)C2=O)n1. The van der Waals surface area contributed by atoms with Crippen LogP contribution in [0.1, 0.15) is 32.0 Å². The molecule has 0 aliphatic carbocycles. The van der Waals surface area contributed by atoms with Gasteiger partial charge in [0.05, 0.1) is 0 Å². The lowest BCUT2D eigenvalue weighted by Crippen LogP contribution is -2.48. The smallest absolute Gasteiger partial charge is 0.251 e. The normalized spacial score (nSPS) is 18.8. The minimum Gasteiger partial charge on any atom is -0.373 e. The summed E-state index contributed by atoms with van der Waals surface area (Å²) < 4.78 is 0. The largest absolute Gasteiger partial charge is 0.373 e. The molecule has 2 N–H and O–H groups in total. The van der Waals surface area contributed by atoms with E-state index >= 15 is 0 Å². The van der Waals surface area contributed by atoms with Crippen LogP contribution < -0.4 is 10.6 Å². The molecular weight excluding hydrogens is 270 g/mol. The molecule has 2 rings (SSSR count). The average Bonchev–Trinajstić information content (AvgIpc) is 2.48. The third kappa shape index (κ3) is 3.48. The van der Waals surface area contributed by atoms with Gasteiger partial charge in [-0.2, -0.15) is 0 Å². The van der Waals surface area contributed by atoms with Crippen LogP contribution in [0.25, 0.3) is 0 Å². The number of amides is 2. The Kier molecular flexibility index (Phi) is 4.72. The first-order valence-corrected chi connectivity index (χ1v) is 7.17. The Morgan fingerprint density at radius 3 is 2.71 bits per heavy atom. The van der Waals surface area contributed by atoms with Crippen LogP contribution in [0.4, 0.5) is 11.6 Å². The third-order valence-electron chi connectivity index (χ3n) is 3.47. The number of likely N-dealkylation sites (N-methyl/N-ethyl adjacent to an activating group) is 1. The number of hydrogen-bond donors (Lipinski definition) is 2. The highest BCUT2D eigenvalue weighted by Gasteiger charge is 2.31. The number of carbonyl (C=O) groups excluding carboxylic acids is 2. The summed E-state index contributed by atoms with van der Waals surface area (Å²) in [5.41, 5.74) is 0. The molecular formula is C14H21N5O2. The van der Waals surface area contributed by atoms with Gasteiger partial charge in [-0.25, -0.2) is 9.97 Å². The fourth-order valence-corrected chi connectivity index (χ4v) is 2.26.